The van der Waals surface area contributed by atoms with E-state index in [2.05, 4.69) is 32.6 Å². The van der Waals surface area contributed by atoms with Gasteiger partial charge in [0.25, 0.3) is 0 Å². The molecule has 0 atom stereocenters. The Morgan fingerprint density at radius 3 is 2.55 bits per heavy atom. The summed E-state index contributed by atoms with van der Waals surface area (Å²) in [4.78, 5) is 2.42. The van der Waals surface area contributed by atoms with Crippen molar-refractivity contribution < 1.29 is 0 Å². The summed E-state index contributed by atoms with van der Waals surface area (Å²) >= 11 is 2.02. The summed E-state index contributed by atoms with van der Waals surface area (Å²) in [7, 11) is 0. The van der Waals surface area contributed by atoms with Gasteiger partial charge in [-0.15, -0.1) is 17.5 Å². The van der Waals surface area contributed by atoms with Crippen molar-refractivity contribution in [2.75, 3.05) is 24.6 Å². The number of aromatic nitrogens is 4. The molecule has 0 aliphatic carbocycles. The Morgan fingerprint density at radius 2 is 1.80 bits per heavy atom. The molecule has 0 amide bonds. The van der Waals surface area contributed by atoms with Gasteiger partial charge in [0.15, 0.2) is 5.82 Å². The molecule has 3 rings (SSSR count). The molecule has 0 bridgehead atoms. The maximum absolute atomic E-state index is 4.16. The maximum Gasteiger partial charge on any atom is 0.165 e. The van der Waals surface area contributed by atoms with E-state index >= 15 is 0 Å². The maximum atomic E-state index is 4.16. The third kappa shape index (κ3) is 3.94. The fourth-order valence-corrected chi connectivity index (χ4v) is 3.15. The zero-order valence-corrected chi connectivity index (χ0v) is 12.8. The van der Waals surface area contributed by atoms with Gasteiger partial charge in [-0.05, 0) is 16.0 Å². The lowest BCUT2D eigenvalue weighted by Crippen LogP contribution is -2.33. The molecular weight excluding hydrogens is 294 g/mol. The number of nitrogens with zero attached hydrogens (tertiary/aromatic N) is 5. The first kappa shape index (κ1) is 15.3. The molecule has 1 aliphatic rings. The Labute approximate surface area is 129 Å². The Hall–Kier alpha value is -1.11. The third-order valence-corrected chi connectivity index (χ3v) is 4.19. The minimum Gasteiger partial charge on any atom is -0.294 e. The molecule has 0 spiro atoms. The van der Waals surface area contributed by atoms with E-state index in [1.807, 2.05) is 34.6 Å². The van der Waals surface area contributed by atoms with Crippen molar-refractivity contribution in [2.24, 2.45) is 0 Å². The van der Waals surface area contributed by atoms with Crippen LogP contribution in [0.4, 0.5) is 0 Å². The highest BCUT2D eigenvalue weighted by Gasteiger charge is 2.15. The molecule has 0 saturated carbocycles. The standard InChI is InChI=1S/C13H17N5S.ClH/c1-2-4-12(5-3-1)10-18-13(14-15-16-18)11-17-6-8-19-9-7-17;/h1-5H,6-11H2;1H. The summed E-state index contributed by atoms with van der Waals surface area (Å²) in [5, 5.41) is 12.1. The highest BCUT2D eigenvalue weighted by molar-refractivity contribution is 7.99. The molecule has 1 aromatic carbocycles. The van der Waals surface area contributed by atoms with Crippen LogP contribution < -0.4 is 0 Å². The van der Waals surface area contributed by atoms with Crippen molar-refractivity contribution in [3.8, 4) is 0 Å². The third-order valence-electron chi connectivity index (χ3n) is 3.25. The number of benzene rings is 1. The Balaban J connectivity index is 0.00000147. The van der Waals surface area contributed by atoms with Gasteiger partial charge in [-0.1, -0.05) is 30.3 Å². The predicted octanol–water partition coefficient (Wildman–Crippen LogP) is 1.69. The van der Waals surface area contributed by atoms with Crippen LogP contribution in [-0.2, 0) is 13.1 Å². The van der Waals surface area contributed by atoms with Gasteiger partial charge in [-0.25, -0.2) is 4.68 Å². The number of tetrazole rings is 1. The molecular formula is C13H18ClN5S. The van der Waals surface area contributed by atoms with E-state index in [0.717, 1.165) is 32.0 Å². The molecule has 1 aliphatic heterocycles. The molecule has 2 heterocycles. The number of thioether (sulfide) groups is 1. The van der Waals surface area contributed by atoms with Crippen molar-refractivity contribution >= 4 is 24.2 Å². The van der Waals surface area contributed by atoms with Gasteiger partial charge in [0.2, 0.25) is 0 Å². The quantitative estimate of drug-likeness (QED) is 0.860. The summed E-state index contributed by atoms with van der Waals surface area (Å²) in [6.45, 7) is 3.85. The van der Waals surface area contributed by atoms with Gasteiger partial charge < -0.3 is 0 Å². The molecule has 7 heteroatoms. The zero-order valence-electron chi connectivity index (χ0n) is 11.2. The van der Waals surface area contributed by atoms with Crippen molar-refractivity contribution in [1.29, 1.82) is 0 Å². The number of hydrogen-bond donors (Lipinski definition) is 0. The average molecular weight is 312 g/mol. The van der Waals surface area contributed by atoms with Crippen LogP contribution in [0.15, 0.2) is 30.3 Å². The van der Waals surface area contributed by atoms with E-state index in [1.54, 1.807) is 0 Å². The highest BCUT2D eigenvalue weighted by Crippen LogP contribution is 2.12. The van der Waals surface area contributed by atoms with Crippen LogP contribution >= 0.6 is 24.2 Å². The molecule has 1 aromatic heterocycles. The van der Waals surface area contributed by atoms with E-state index in [1.165, 1.54) is 17.1 Å². The lowest BCUT2D eigenvalue weighted by atomic mass is 10.2. The van der Waals surface area contributed by atoms with Crippen LogP contribution in [0.2, 0.25) is 0 Å². The number of halogens is 1. The lowest BCUT2D eigenvalue weighted by Gasteiger charge is -2.25. The van der Waals surface area contributed by atoms with Crippen LogP contribution in [0, 0.1) is 0 Å². The molecule has 5 nitrogen and oxygen atoms in total. The molecule has 1 saturated heterocycles. The summed E-state index contributed by atoms with van der Waals surface area (Å²) < 4.78 is 1.90. The first-order chi connectivity index (χ1) is 9.42. The van der Waals surface area contributed by atoms with Gasteiger partial charge >= 0.3 is 0 Å². The van der Waals surface area contributed by atoms with Crippen molar-refractivity contribution in [3.63, 3.8) is 0 Å². The minimum absolute atomic E-state index is 0. The van der Waals surface area contributed by atoms with Gasteiger partial charge in [-0.3, -0.25) is 4.90 Å². The van der Waals surface area contributed by atoms with Crippen molar-refractivity contribution in [3.05, 3.63) is 41.7 Å². The van der Waals surface area contributed by atoms with Crippen molar-refractivity contribution in [1.82, 2.24) is 25.1 Å². The average Bonchev–Trinajstić information content (AvgIpc) is 2.88. The van der Waals surface area contributed by atoms with Crippen LogP contribution in [0.3, 0.4) is 0 Å². The monoisotopic (exact) mass is 311 g/mol. The first-order valence-corrected chi connectivity index (χ1v) is 7.66. The van der Waals surface area contributed by atoms with Gasteiger partial charge in [0.1, 0.15) is 0 Å². The molecule has 0 unspecified atom stereocenters. The molecule has 0 N–H and O–H groups in total. The van der Waals surface area contributed by atoms with Gasteiger partial charge in [-0.2, -0.15) is 11.8 Å². The zero-order chi connectivity index (χ0) is 12.9. The molecule has 1 fully saturated rings. The summed E-state index contributed by atoms with van der Waals surface area (Å²) in [5.41, 5.74) is 1.23. The van der Waals surface area contributed by atoms with E-state index in [4.69, 9.17) is 0 Å². The normalized spacial score (nSPS) is 15.8. The SMILES string of the molecule is Cl.c1ccc(Cn2nnnc2CN2CCSCC2)cc1. The van der Waals surface area contributed by atoms with E-state index < -0.39 is 0 Å². The summed E-state index contributed by atoms with van der Waals surface area (Å²) in [5.74, 6) is 3.37. The Morgan fingerprint density at radius 1 is 1.05 bits per heavy atom. The lowest BCUT2D eigenvalue weighted by molar-refractivity contribution is 0.281. The van der Waals surface area contributed by atoms with E-state index in [9.17, 15) is 0 Å². The smallest absolute Gasteiger partial charge is 0.165 e. The molecule has 20 heavy (non-hydrogen) atoms. The Kier molecular flexibility index (Phi) is 5.82. The van der Waals surface area contributed by atoms with Gasteiger partial charge in [0, 0.05) is 24.6 Å². The van der Waals surface area contributed by atoms with Crippen LogP contribution in [0.5, 0.6) is 0 Å². The number of rotatable bonds is 4. The second kappa shape index (κ2) is 7.61. The number of hydrogen-bond acceptors (Lipinski definition) is 5. The largest absolute Gasteiger partial charge is 0.294 e. The van der Waals surface area contributed by atoms with E-state index in [-0.39, 0.29) is 12.4 Å². The van der Waals surface area contributed by atoms with Crippen molar-refractivity contribution in [2.45, 2.75) is 13.1 Å². The molecule has 0 radical (unpaired) electrons. The highest BCUT2D eigenvalue weighted by atomic mass is 35.5. The fraction of sp³-hybridized carbons (Fsp3) is 0.462. The minimum atomic E-state index is 0. The van der Waals surface area contributed by atoms with Crippen LogP contribution in [0.1, 0.15) is 11.4 Å². The fourth-order valence-electron chi connectivity index (χ4n) is 2.17. The van der Waals surface area contributed by atoms with Crippen LogP contribution in [0.25, 0.3) is 0 Å². The van der Waals surface area contributed by atoms with Crippen LogP contribution in [-0.4, -0.2) is 49.7 Å². The summed E-state index contributed by atoms with van der Waals surface area (Å²) in [6.07, 6.45) is 0. The molecule has 108 valence electrons. The first-order valence-electron chi connectivity index (χ1n) is 6.51. The second-order valence-corrected chi connectivity index (χ2v) is 5.85. The summed E-state index contributed by atoms with van der Waals surface area (Å²) in [6, 6.07) is 10.3. The Bertz CT molecular complexity index is 512. The molecule has 2 aromatic rings. The second-order valence-electron chi connectivity index (χ2n) is 4.63. The van der Waals surface area contributed by atoms with Gasteiger partial charge in [0.05, 0.1) is 13.1 Å². The van der Waals surface area contributed by atoms with E-state index in [0.29, 0.717) is 0 Å². The predicted molar refractivity (Wildman–Crippen MR) is 83.2 cm³/mol. The topological polar surface area (TPSA) is 46.8 Å².